The fourth-order valence-electron chi connectivity index (χ4n) is 2.02. The molecule has 0 saturated carbocycles. The van der Waals surface area contributed by atoms with Crippen LogP contribution < -0.4 is 5.32 Å². The lowest BCUT2D eigenvalue weighted by Gasteiger charge is -2.32. The summed E-state index contributed by atoms with van der Waals surface area (Å²) in [7, 11) is 1.34. The Labute approximate surface area is 121 Å². The minimum atomic E-state index is -0.499. The van der Waals surface area contributed by atoms with E-state index in [-0.39, 0.29) is 25.0 Å². The van der Waals surface area contributed by atoms with Crippen LogP contribution in [0.3, 0.4) is 0 Å². The van der Waals surface area contributed by atoms with E-state index in [1.807, 2.05) is 17.5 Å². The van der Waals surface area contributed by atoms with Crippen molar-refractivity contribution in [3.63, 3.8) is 0 Å². The molecule has 1 aliphatic heterocycles. The smallest absolute Gasteiger partial charge is 0.325 e. The second-order valence-corrected chi connectivity index (χ2v) is 5.47. The number of nitrogens with one attached hydrogen (secondary N) is 1. The van der Waals surface area contributed by atoms with E-state index in [9.17, 15) is 9.59 Å². The summed E-state index contributed by atoms with van der Waals surface area (Å²) in [6, 6.07) is 3.42. The molecule has 20 heavy (non-hydrogen) atoms. The van der Waals surface area contributed by atoms with Gasteiger partial charge in [0.1, 0.15) is 6.04 Å². The highest BCUT2D eigenvalue weighted by Gasteiger charge is 2.31. The second kappa shape index (κ2) is 7.37. The maximum atomic E-state index is 11.9. The average molecular weight is 298 g/mol. The van der Waals surface area contributed by atoms with Gasteiger partial charge in [-0.15, -0.1) is 11.3 Å². The summed E-state index contributed by atoms with van der Waals surface area (Å²) < 4.78 is 9.99. The number of ether oxygens (including phenoxy) is 2. The van der Waals surface area contributed by atoms with Crippen molar-refractivity contribution in [1.82, 2.24) is 10.2 Å². The second-order valence-electron chi connectivity index (χ2n) is 4.44. The predicted octanol–water partition coefficient (Wildman–Crippen LogP) is 0.238. The Bertz CT molecular complexity index is 449. The normalized spacial score (nSPS) is 19.6. The van der Waals surface area contributed by atoms with Gasteiger partial charge in [-0.05, 0) is 11.4 Å². The Hall–Kier alpha value is -1.44. The van der Waals surface area contributed by atoms with Gasteiger partial charge in [-0.25, -0.2) is 0 Å². The molecule has 6 nitrogen and oxygen atoms in total. The standard InChI is InChI=1S/C13H18N2O4S/c1-18-13(17)11-9-19-5-4-15(11)8-12(16)14-7-10-3-2-6-20-10/h2-3,6,11H,4-5,7-9H2,1H3,(H,14,16). The average Bonchev–Trinajstić information content (AvgIpc) is 2.98. The van der Waals surface area contributed by atoms with Crippen LogP contribution in [0.1, 0.15) is 4.88 Å². The molecule has 7 heteroatoms. The van der Waals surface area contributed by atoms with E-state index in [0.717, 1.165) is 4.88 Å². The zero-order valence-electron chi connectivity index (χ0n) is 11.3. The van der Waals surface area contributed by atoms with Crippen LogP contribution in [0.25, 0.3) is 0 Å². The minimum Gasteiger partial charge on any atom is -0.468 e. The molecule has 1 aromatic rings. The third kappa shape index (κ3) is 4.03. The molecule has 1 saturated heterocycles. The first kappa shape index (κ1) is 15.0. The SMILES string of the molecule is COC(=O)C1COCCN1CC(=O)NCc1cccs1. The summed E-state index contributed by atoms with van der Waals surface area (Å²) in [4.78, 5) is 26.4. The molecule has 2 heterocycles. The van der Waals surface area contributed by atoms with Gasteiger partial charge in [-0.2, -0.15) is 0 Å². The maximum absolute atomic E-state index is 11.9. The molecule has 0 radical (unpaired) electrons. The lowest BCUT2D eigenvalue weighted by Crippen LogP contribution is -2.53. The van der Waals surface area contributed by atoms with Gasteiger partial charge < -0.3 is 14.8 Å². The number of carbonyl (C=O) groups excluding carboxylic acids is 2. The van der Waals surface area contributed by atoms with Gasteiger partial charge >= 0.3 is 5.97 Å². The molecule has 1 unspecified atom stereocenters. The van der Waals surface area contributed by atoms with Gasteiger partial charge in [0, 0.05) is 11.4 Å². The van der Waals surface area contributed by atoms with Crippen LogP contribution in [-0.4, -0.2) is 56.2 Å². The zero-order chi connectivity index (χ0) is 14.4. The lowest BCUT2D eigenvalue weighted by atomic mass is 10.2. The molecule has 1 fully saturated rings. The fraction of sp³-hybridized carbons (Fsp3) is 0.538. The molecule has 0 aliphatic carbocycles. The molecule has 110 valence electrons. The molecule has 1 aliphatic rings. The van der Waals surface area contributed by atoms with Crippen molar-refractivity contribution < 1.29 is 19.1 Å². The summed E-state index contributed by atoms with van der Waals surface area (Å²) in [5, 5.41) is 4.82. The number of amides is 1. The molecule has 2 rings (SSSR count). The number of hydrogen-bond acceptors (Lipinski definition) is 6. The first-order chi connectivity index (χ1) is 9.70. The highest BCUT2D eigenvalue weighted by molar-refractivity contribution is 7.09. The Morgan fingerprint density at radius 3 is 3.15 bits per heavy atom. The maximum Gasteiger partial charge on any atom is 0.325 e. The molecule has 0 aromatic carbocycles. The molecule has 1 aromatic heterocycles. The minimum absolute atomic E-state index is 0.103. The number of nitrogens with zero attached hydrogens (tertiary/aromatic N) is 1. The van der Waals surface area contributed by atoms with Crippen LogP contribution >= 0.6 is 11.3 Å². The van der Waals surface area contributed by atoms with Crippen molar-refractivity contribution in [3.8, 4) is 0 Å². The Morgan fingerprint density at radius 1 is 1.60 bits per heavy atom. The number of carbonyl (C=O) groups is 2. The van der Waals surface area contributed by atoms with Crippen molar-refractivity contribution in [2.24, 2.45) is 0 Å². The summed E-state index contributed by atoms with van der Waals surface area (Å²) in [6.45, 7) is 2.03. The summed E-state index contributed by atoms with van der Waals surface area (Å²) in [5.41, 5.74) is 0. The van der Waals surface area contributed by atoms with Crippen molar-refractivity contribution in [1.29, 1.82) is 0 Å². The van der Waals surface area contributed by atoms with Gasteiger partial charge in [-0.1, -0.05) is 6.07 Å². The van der Waals surface area contributed by atoms with Crippen molar-refractivity contribution >= 4 is 23.2 Å². The van der Waals surface area contributed by atoms with Crippen LogP contribution in [0.4, 0.5) is 0 Å². The molecular formula is C13H18N2O4S. The fourth-order valence-corrected chi connectivity index (χ4v) is 2.66. The first-order valence-electron chi connectivity index (χ1n) is 6.39. The molecule has 1 atom stereocenters. The summed E-state index contributed by atoms with van der Waals surface area (Å²) in [6.07, 6.45) is 0. The van der Waals surface area contributed by atoms with Gasteiger partial charge in [0.25, 0.3) is 0 Å². The van der Waals surface area contributed by atoms with E-state index in [2.05, 4.69) is 5.32 Å². The number of hydrogen-bond donors (Lipinski definition) is 1. The largest absolute Gasteiger partial charge is 0.468 e. The Balaban J connectivity index is 1.83. The topological polar surface area (TPSA) is 67.9 Å². The third-order valence-corrected chi connectivity index (χ3v) is 3.98. The molecular weight excluding hydrogens is 280 g/mol. The van der Waals surface area contributed by atoms with E-state index < -0.39 is 6.04 Å². The van der Waals surface area contributed by atoms with E-state index in [1.54, 1.807) is 16.2 Å². The van der Waals surface area contributed by atoms with E-state index >= 15 is 0 Å². The summed E-state index contributed by atoms with van der Waals surface area (Å²) >= 11 is 1.60. The van der Waals surface area contributed by atoms with E-state index in [4.69, 9.17) is 9.47 Å². The number of rotatable bonds is 5. The van der Waals surface area contributed by atoms with Gasteiger partial charge in [0.2, 0.25) is 5.91 Å². The van der Waals surface area contributed by atoms with E-state index in [1.165, 1.54) is 7.11 Å². The number of morpholine rings is 1. The van der Waals surface area contributed by atoms with Crippen molar-refractivity contribution in [2.45, 2.75) is 12.6 Å². The monoisotopic (exact) mass is 298 g/mol. The first-order valence-corrected chi connectivity index (χ1v) is 7.27. The Kier molecular flexibility index (Phi) is 5.51. The number of esters is 1. The van der Waals surface area contributed by atoms with Crippen molar-refractivity contribution in [3.05, 3.63) is 22.4 Å². The molecule has 0 bridgehead atoms. The summed E-state index contributed by atoms with van der Waals surface area (Å²) in [5.74, 6) is -0.468. The highest BCUT2D eigenvalue weighted by Crippen LogP contribution is 2.09. The van der Waals surface area contributed by atoms with E-state index in [0.29, 0.717) is 19.7 Å². The quantitative estimate of drug-likeness (QED) is 0.789. The third-order valence-electron chi connectivity index (χ3n) is 3.10. The molecule has 1 N–H and O–H groups in total. The Morgan fingerprint density at radius 2 is 2.45 bits per heavy atom. The van der Waals surface area contributed by atoms with Gasteiger partial charge in [0.15, 0.2) is 0 Å². The van der Waals surface area contributed by atoms with Crippen LogP contribution in [0, 0.1) is 0 Å². The lowest BCUT2D eigenvalue weighted by molar-refractivity contribution is -0.154. The zero-order valence-corrected chi connectivity index (χ0v) is 12.1. The van der Waals surface area contributed by atoms with Crippen LogP contribution in [0.5, 0.6) is 0 Å². The highest BCUT2D eigenvalue weighted by atomic mass is 32.1. The van der Waals surface area contributed by atoms with Crippen LogP contribution in [-0.2, 0) is 25.6 Å². The van der Waals surface area contributed by atoms with Gasteiger partial charge in [-0.3, -0.25) is 14.5 Å². The molecule has 0 spiro atoms. The van der Waals surface area contributed by atoms with Gasteiger partial charge in [0.05, 0.1) is 33.4 Å². The van der Waals surface area contributed by atoms with Crippen LogP contribution in [0.2, 0.25) is 0 Å². The van der Waals surface area contributed by atoms with Crippen molar-refractivity contribution in [2.75, 3.05) is 33.4 Å². The molecule has 1 amide bonds. The van der Waals surface area contributed by atoms with Crippen LogP contribution in [0.15, 0.2) is 17.5 Å². The number of methoxy groups -OCH3 is 1. The predicted molar refractivity (Wildman–Crippen MR) is 74.4 cm³/mol. The number of thiophene rings is 1.